The van der Waals surface area contributed by atoms with Gasteiger partial charge in [0.1, 0.15) is 11.2 Å². The van der Waals surface area contributed by atoms with Gasteiger partial charge in [-0.3, -0.25) is 4.79 Å². The quantitative estimate of drug-likeness (QED) is 0.452. The van der Waals surface area contributed by atoms with Crippen LogP contribution < -0.4 is 10.7 Å². The number of amides is 1. The van der Waals surface area contributed by atoms with Crippen molar-refractivity contribution in [3.63, 3.8) is 0 Å². The zero-order valence-electron chi connectivity index (χ0n) is 22.2. The van der Waals surface area contributed by atoms with Crippen LogP contribution in [-0.4, -0.2) is 54.1 Å². The maximum Gasteiger partial charge on any atom is 0.492 e. The molecule has 1 aliphatic rings. The molecule has 1 fully saturated rings. The van der Waals surface area contributed by atoms with Crippen molar-refractivity contribution in [1.82, 2.24) is 10.3 Å². The van der Waals surface area contributed by atoms with Crippen molar-refractivity contribution in [3.05, 3.63) is 51.2 Å². The molecule has 36 heavy (non-hydrogen) atoms. The van der Waals surface area contributed by atoms with E-state index in [-0.39, 0.29) is 18.7 Å². The molecule has 0 saturated carbocycles. The lowest BCUT2D eigenvalue weighted by atomic mass is 9.77. The molecule has 0 unspecified atom stereocenters. The topological polar surface area (TPSA) is 116 Å². The van der Waals surface area contributed by atoms with E-state index in [4.69, 9.17) is 18.8 Å². The highest BCUT2D eigenvalue weighted by atomic mass is 16.7. The Morgan fingerprint density at radius 2 is 1.78 bits per heavy atom. The fourth-order valence-electron chi connectivity index (χ4n) is 3.59. The molecule has 2 heterocycles. The Kier molecular flexibility index (Phi) is 7.71. The van der Waals surface area contributed by atoms with Crippen LogP contribution in [0.5, 0.6) is 0 Å². The molecule has 0 aliphatic carbocycles. The summed E-state index contributed by atoms with van der Waals surface area (Å²) in [6, 6.07) is 5.25. The molecule has 2 aromatic rings. The molecular weight excluding hydrogens is 463 g/mol. The van der Waals surface area contributed by atoms with Crippen molar-refractivity contribution in [2.75, 3.05) is 13.2 Å². The van der Waals surface area contributed by atoms with Crippen LogP contribution in [0.15, 0.2) is 34.7 Å². The first-order valence-electron chi connectivity index (χ1n) is 12.0. The summed E-state index contributed by atoms with van der Waals surface area (Å²) >= 11 is 0. The second-order valence-electron chi connectivity index (χ2n) is 10.7. The number of carbonyl (C=O) groups is 2. The van der Waals surface area contributed by atoms with E-state index in [1.54, 1.807) is 45.9 Å². The summed E-state index contributed by atoms with van der Waals surface area (Å²) in [6.07, 6.45) is 2.59. The highest BCUT2D eigenvalue weighted by molar-refractivity contribution is 6.56. The molecule has 194 valence electrons. The lowest BCUT2D eigenvalue weighted by Gasteiger charge is -2.32. The third kappa shape index (κ3) is 6.17. The number of aromatic nitrogens is 1. The SMILES string of the molecule is CCOC(=O)c1c[nH]c2ccc(C=C(CNC(=O)OC(C)(C)C)B3OC(C)(C)C(C)(C)O3)cc2c1=O. The number of ether oxygens (including phenoxy) is 2. The molecule has 1 amide bonds. The summed E-state index contributed by atoms with van der Waals surface area (Å²) in [6.45, 7) is 15.1. The van der Waals surface area contributed by atoms with E-state index in [2.05, 4.69) is 10.3 Å². The molecule has 0 radical (unpaired) electrons. The number of rotatable bonds is 6. The van der Waals surface area contributed by atoms with Gasteiger partial charge in [-0.1, -0.05) is 12.1 Å². The van der Waals surface area contributed by atoms with Crippen LogP contribution >= 0.6 is 0 Å². The van der Waals surface area contributed by atoms with E-state index in [9.17, 15) is 14.4 Å². The highest BCUT2D eigenvalue weighted by Crippen LogP contribution is 2.38. The Hall–Kier alpha value is -3.11. The molecule has 1 aliphatic heterocycles. The first kappa shape index (κ1) is 27.5. The Morgan fingerprint density at radius 3 is 2.36 bits per heavy atom. The third-order valence-corrected chi connectivity index (χ3v) is 6.14. The number of alkyl carbamates (subject to hydrolysis) is 1. The van der Waals surface area contributed by atoms with Crippen molar-refractivity contribution in [1.29, 1.82) is 0 Å². The highest BCUT2D eigenvalue weighted by Gasteiger charge is 2.52. The predicted molar refractivity (Wildman–Crippen MR) is 139 cm³/mol. The number of hydrogen-bond acceptors (Lipinski definition) is 7. The molecular formula is C26H35BN2O7. The Balaban J connectivity index is 1.99. The largest absolute Gasteiger partial charge is 0.492 e. The fraction of sp³-hybridized carbons (Fsp3) is 0.500. The number of esters is 1. The number of H-pyrrole nitrogens is 1. The standard InChI is InChI=1S/C26H35BN2O7/c1-9-33-22(31)19-15-28-20-11-10-16(13-18(20)21(19)30)12-17(14-29-23(32)34-24(2,3)4)27-35-25(5,6)26(7,8)36-27/h10-13,15H,9,14H2,1-8H3,(H,28,30)(H,29,32). The molecule has 10 heteroatoms. The van der Waals surface area contributed by atoms with Gasteiger partial charge in [0.15, 0.2) is 0 Å². The molecule has 2 N–H and O–H groups in total. The van der Waals surface area contributed by atoms with Gasteiger partial charge in [0, 0.05) is 23.6 Å². The minimum absolute atomic E-state index is 0.0664. The van der Waals surface area contributed by atoms with Crippen molar-refractivity contribution in [2.45, 2.75) is 72.2 Å². The van der Waals surface area contributed by atoms with Crippen LogP contribution in [0, 0.1) is 0 Å². The molecule has 9 nitrogen and oxygen atoms in total. The first-order chi connectivity index (χ1) is 16.6. The van der Waals surface area contributed by atoms with Crippen LogP contribution in [0.1, 0.15) is 71.3 Å². The second kappa shape index (κ2) is 10.1. The lowest BCUT2D eigenvalue weighted by Crippen LogP contribution is -2.41. The third-order valence-electron chi connectivity index (χ3n) is 6.14. The average Bonchev–Trinajstić information content (AvgIpc) is 2.97. The minimum atomic E-state index is -0.732. The Morgan fingerprint density at radius 1 is 1.14 bits per heavy atom. The van der Waals surface area contributed by atoms with Crippen molar-refractivity contribution in [3.8, 4) is 0 Å². The summed E-state index contributed by atoms with van der Waals surface area (Å²) < 4.78 is 22.8. The van der Waals surface area contributed by atoms with Crippen molar-refractivity contribution in [2.24, 2.45) is 0 Å². The first-order valence-corrected chi connectivity index (χ1v) is 12.0. The van der Waals surface area contributed by atoms with E-state index < -0.39 is 41.4 Å². The molecule has 1 aromatic heterocycles. The van der Waals surface area contributed by atoms with E-state index in [1.165, 1.54) is 6.20 Å². The van der Waals surface area contributed by atoms with E-state index >= 15 is 0 Å². The molecule has 1 saturated heterocycles. The monoisotopic (exact) mass is 498 g/mol. The number of nitrogens with one attached hydrogen (secondary N) is 2. The van der Waals surface area contributed by atoms with Crippen LogP contribution in [0.4, 0.5) is 4.79 Å². The van der Waals surface area contributed by atoms with Gasteiger partial charge in [0.05, 0.1) is 17.8 Å². The normalized spacial score (nSPS) is 17.2. The smallest absolute Gasteiger partial charge is 0.462 e. The number of benzene rings is 1. The molecule has 0 bridgehead atoms. The summed E-state index contributed by atoms with van der Waals surface area (Å²) in [5.41, 5.74) is -0.426. The number of aromatic amines is 1. The molecule has 3 rings (SSSR count). The summed E-state index contributed by atoms with van der Waals surface area (Å²) in [5.74, 6) is -0.680. The van der Waals surface area contributed by atoms with E-state index in [0.717, 1.165) is 0 Å². The summed E-state index contributed by atoms with van der Waals surface area (Å²) in [5, 5.41) is 3.10. The van der Waals surface area contributed by atoms with Gasteiger partial charge >= 0.3 is 19.2 Å². The molecule has 1 aromatic carbocycles. The summed E-state index contributed by atoms with van der Waals surface area (Å²) in [4.78, 5) is 40.5. The molecule has 0 spiro atoms. The zero-order chi connectivity index (χ0) is 26.9. The predicted octanol–water partition coefficient (Wildman–Crippen LogP) is 4.24. The fourth-order valence-corrected chi connectivity index (χ4v) is 3.59. The van der Waals surface area contributed by atoms with Crippen LogP contribution in [-0.2, 0) is 18.8 Å². The van der Waals surface area contributed by atoms with Crippen molar-refractivity contribution >= 4 is 36.2 Å². The number of hydrogen-bond donors (Lipinski definition) is 2. The number of pyridine rings is 1. The number of carbonyl (C=O) groups excluding carboxylic acids is 2. The van der Waals surface area contributed by atoms with Gasteiger partial charge in [0.2, 0.25) is 5.43 Å². The maximum atomic E-state index is 13.0. The van der Waals surface area contributed by atoms with Crippen LogP contribution in [0.2, 0.25) is 0 Å². The lowest BCUT2D eigenvalue weighted by molar-refractivity contribution is 0.00578. The Bertz CT molecular complexity index is 1230. The Labute approximate surface area is 211 Å². The van der Waals surface area contributed by atoms with Crippen molar-refractivity contribution < 1.29 is 28.4 Å². The number of fused-ring (bicyclic) bond motifs is 1. The van der Waals surface area contributed by atoms with Gasteiger partial charge < -0.3 is 29.1 Å². The van der Waals surface area contributed by atoms with E-state index in [0.29, 0.717) is 21.9 Å². The van der Waals surface area contributed by atoms with Gasteiger partial charge in [-0.2, -0.15) is 0 Å². The zero-order valence-corrected chi connectivity index (χ0v) is 22.2. The van der Waals surface area contributed by atoms with Gasteiger partial charge in [0.25, 0.3) is 0 Å². The van der Waals surface area contributed by atoms with Crippen LogP contribution in [0.25, 0.3) is 17.0 Å². The second-order valence-corrected chi connectivity index (χ2v) is 10.7. The van der Waals surface area contributed by atoms with Gasteiger partial charge in [-0.25, -0.2) is 9.59 Å². The minimum Gasteiger partial charge on any atom is -0.462 e. The maximum absolute atomic E-state index is 13.0. The molecule has 0 atom stereocenters. The average molecular weight is 498 g/mol. The summed E-state index contributed by atoms with van der Waals surface area (Å²) in [7, 11) is -0.732. The van der Waals surface area contributed by atoms with Gasteiger partial charge in [-0.05, 0) is 78.6 Å². The van der Waals surface area contributed by atoms with Crippen LogP contribution in [0.3, 0.4) is 0 Å². The van der Waals surface area contributed by atoms with E-state index in [1.807, 2.05) is 33.8 Å². The van der Waals surface area contributed by atoms with Gasteiger partial charge in [-0.15, -0.1) is 0 Å².